The van der Waals surface area contributed by atoms with E-state index in [0.717, 1.165) is 16.7 Å². The summed E-state index contributed by atoms with van der Waals surface area (Å²) in [6.07, 6.45) is 7.51. The summed E-state index contributed by atoms with van der Waals surface area (Å²) in [5.41, 5.74) is 0. The van der Waals surface area contributed by atoms with Crippen LogP contribution in [-0.4, -0.2) is 4.83 Å². The lowest BCUT2D eigenvalue weighted by Gasteiger charge is -2.07. The first-order valence-electron chi connectivity index (χ1n) is 3.18. The van der Waals surface area contributed by atoms with Gasteiger partial charge in [-0.1, -0.05) is 28.1 Å². The maximum Gasteiger partial charge on any atom is 0.0214 e. The topological polar surface area (TPSA) is 0 Å². The average molecular weight is 173 g/mol. The summed E-state index contributed by atoms with van der Waals surface area (Å²) in [6.45, 7) is 0. The van der Waals surface area contributed by atoms with E-state index in [1.165, 1.54) is 12.8 Å². The Labute approximate surface area is 58.1 Å². The Bertz CT molecular complexity index is 128. The molecule has 0 N–H and O–H groups in total. The third-order valence-corrected chi connectivity index (χ3v) is 3.25. The summed E-state index contributed by atoms with van der Waals surface area (Å²) in [5.74, 6) is 1.80. The van der Waals surface area contributed by atoms with Crippen molar-refractivity contribution >= 4 is 15.9 Å². The molecule has 1 saturated carbocycles. The van der Waals surface area contributed by atoms with Crippen LogP contribution < -0.4 is 0 Å². The first-order chi connectivity index (χ1) is 3.86. The van der Waals surface area contributed by atoms with E-state index >= 15 is 0 Å². The van der Waals surface area contributed by atoms with Crippen LogP contribution in [0.1, 0.15) is 12.8 Å². The van der Waals surface area contributed by atoms with Gasteiger partial charge in [0.2, 0.25) is 0 Å². The minimum atomic E-state index is 0.803. The highest BCUT2D eigenvalue weighted by Crippen LogP contribution is 2.42. The fraction of sp³-hybridized carbons (Fsp3) is 0.714. The van der Waals surface area contributed by atoms with E-state index in [2.05, 4.69) is 28.1 Å². The molecule has 2 bridgehead atoms. The van der Waals surface area contributed by atoms with Gasteiger partial charge in [0.25, 0.3) is 0 Å². The molecule has 0 aliphatic heterocycles. The predicted octanol–water partition coefficient (Wildman–Crippen LogP) is 2.35. The number of fused-ring (bicyclic) bond motifs is 2. The summed E-state index contributed by atoms with van der Waals surface area (Å²) < 4.78 is 0. The van der Waals surface area contributed by atoms with Crippen molar-refractivity contribution < 1.29 is 0 Å². The summed E-state index contributed by atoms with van der Waals surface area (Å²) in [7, 11) is 0. The second-order valence-corrected chi connectivity index (χ2v) is 3.97. The zero-order valence-corrected chi connectivity index (χ0v) is 6.26. The summed E-state index contributed by atoms with van der Waals surface area (Å²) in [6, 6.07) is 0. The van der Waals surface area contributed by atoms with Crippen molar-refractivity contribution in [2.75, 3.05) is 0 Å². The molecule has 44 valence electrons. The van der Waals surface area contributed by atoms with E-state index < -0.39 is 0 Å². The van der Waals surface area contributed by atoms with Crippen LogP contribution in [0.3, 0.4) is 0 Å². The SMILES string of the molecule is Br[C@@H]1C[C@@H]2C=C[C@H]1C2. The van der Waals surface area contributed by atoms with E-state index in [1.807, 2.05) is 0 Å². The molecule has 2 rings (SSSR count). The van der Waals surface area contributed by atoms with Crippen molar-refractivity contribution in [3.63, 3.8) is 0 Å². The second kappa shape index (κ2) is 1.60. The third-order valence-electron chi connectivity index (χ3n) is 2.20. The van der Waals surface area contributed by atoms with E-state index in [9.17, 15) is 0 Å². The van der Waals surface area contributed by atoms with Gasteiger partial charge in [-0.3, -0.25) is 0 Å². The van der Waals surface area contributed by atoms with Gasteiger partial charge < -0.3 is 0 Å². The Hall–Kier alpha value is 0.220. The van der Waals surface area contributed by atoms with Crippen LogP contribution >= 0.6 is 15.9 Å². The number of hydrogen-bond acceptors (Lipinski definition) is 0. The third kappa shape index (κ3) is 0.572. The highest BCUT2D eigenvalue weighted by Gasteiger charge is 2.33. The van der Waals surface area contributed by atoms with Crippen LogP contribution in [0, 0.1) is 11.8 Å². The first kappa shape index (κ1) is 5.04. The van der Waals surface area contributed by atoms with Gasteiger partial charge in [-0.2, -0.15) is 0 Å². The predicted molar refractivity (Wildman–Crippen MR) is 38.1 cm³/mol. The Kier molecular flexibility index (Phi) is 1.01. The highest BCUT2D eigenvalue weighted by molar-refractivity contribution is 9.09. The second-order valence-electron chi connectivity index (χ2n) is 2.80. The van der Waals surface area contributed by atoms with Crippen LogP contribution in [0.4, 0.5) is 0 Å². The highest BCUT2D eigenvalue weighted by atomic mass is 79.9. The quantitative estimate of drug-likeness (QED) is 0.389. The van der Waals surface area contributed by atoms with E-state index in [-0.39, 0.29) is 0 Å². The van der Waals surface area contributed by atoms with Gasteiger partial charge in [-0.15, -0.1) is 0 Å². The molecule has 0 radical (unpaired) electrons. The zero-order chi connectivity index (χ0) is 5.56. The fourth-order valence-corrected chi connectivity index (χ4v) is 2.59. The molecule has 8 heavy (non-hydrogen) atoms. The molecule has 3 atom stereocenters. The van der Waals surface area contributed by atoms with E-state index in [4.69, 9.17) is 0 Å². The normalized spacial score (nSPS) is 50.9. The number of alkyl halides is 1. The van der Waals surface area contributed by atoms with Gasteiger partial charge in [0.05, 0.1) is 0 Å². The lowest BCUT2D eigenvalue weighted by molar-refractivity contribution is 0.693. The van der Waals surface area contributed by atoms with Crippen LogP contribution in [0.15, 0.2) is 12.2 Å². The molecule has 0 amide bonds. The van der Waals surface area contributed by atoms with Gasteiger partial charge in [-0.25, -0.2) is 0 Å². The molecule has 0 aromatic heterocycles. The van der Waals surface area contributed by atoms with Crippen LogP contribution in [0.25, 0.3) is 0 Å². The molecule has 0 saturated heterocycles. The number of rotatable bonds is 0. The van der Waals surface area contributed by atoms with Gasteiger partial charge >= 0.3 is 0 Å². The largest absolute Gasteiger partial charge is 0.0884 e. The number of allylic oxidation sites excluding steroid dienone is 2. The van der Waals surface area contributed by atoms with Crippen molar-refractivity contribution in [1.29, 1.82) is 0 Å². The molecule has 1 fully saturated rings. The Balaban J connectivity index is 2.23. The molecule has 0 nitrogen and oxygen atoms in total. The van der Waals surface area contributed by atoms with Crippen LogP contribution in [0.5, 0.6) is 0 Å². The lowest BCUT2D eigenvalue weighted by Crippen LogP contribution is -2.03. The van der Waals surface area contributed by atoms with Crippen LogP contribution in [-0.2, 0) is 0 Å². The standard InChI is InChI=1S/C7H9Br/c8-7-4-5-1-2-6(7)3-5/h1-2,5-7H,3-4H2/t5-,6+,7-/m1/s1. The monoisotopic (exact) mass is 172 g/mol. The molecule has 0 aromatic carbocycles. The number of hydrogen-bond donors (Lipinski definition) is 0. The molecule has 2 aliphatic carbocycles. The van der Waals surface area contributed by atoms with E-state index in [0.29, 0.717) is 0 Å². The molecule has 0 aromatic rings. The minimum Gasteiger partial charge on any atom is -0.0884 e. The maximum atomic E-state index is 3.64. The van der Waals surface area contributed by atoms with E-state index in [1.54, 1.807) is 0 Å². The van der Waals surface area contributed by atoms with Gasteiger partial charge in [-0.05, 0) is 24.7 Å². The van der Waals surface area contributed by atoms with Gasteiger partial charge in [0, 0.05) is 4.83 Å². The summed E-state index contributed by atoms with van der Waals surface area (Å²) in [5, 5.41) is 0. The summed E-state index contributed by atoms with van der Waals surface area (Å²) >= 11 is 3.64. The van der Waals surface area contributed by atoms with Crippen molar-refractivity contribution in [2.24, 2.45) is 11.8 Å². The Morgan fingerprint density at radius 3 is 2.38 bits per heavy atom. The smallest absolute Gasteiger partial charge is 0.0214 e. The van der Waals surface area contributed by atoms with Crippen LogP contribution in [0.2, 0.25) is 0 Å². The van der Waals surface area contributed by atoms with Gasteiger partial charge in [0.15, 0.2) is 0 Å². The molecule has 0 unspecified atom stereocenters. The molecular weight excluding hydrogens is 164 g/mol. The first-order valence-corrected chi connectivity index (χ1v) is 4.10. The fourth-order valence-electron chi connectivity index (χ4n) is 1.71. The summed E-state index contributed by atoms with van der Waals surface area (Å²) in [4.78, 5) is 0.803. The number of halogens is 1. The van der Waals surface area contributed by atoms with Crippen molar-refractivity contribution in [3.05, 3.63) is 12.2 Å². The molecule has 0 spiro atoms. The van der Waals surface area contributed by atoms with Crippen molar-refractivity contribution in [2.45, 2.75) is 17.7 Å². The molecule has 0 heterocycles. The zero-order valence-electron chi connectivity index (χ0n) is 4.68. The maximum absolute atomic E-state index is 3.64. The molecular formula is C7H9Br. The van der Waals surface area contributed by atoms with Crippen molar-refractivity contribution in [3.8, 4) is 0 Å². The average Bonchev–Trinajstić information content (AvgIpc) is 2.23. The lowest BCUT2D eigenvalue weighted by atomic mass is 10.1. The van der Waals surface area contributed by atoms with Crippen molar-refractivity contribution in [1.82, 2.24) is 0 Å². The van der Waals surface area contributed by atoms with Gasteiger partial charge in [0.1, 0.15) is 0 Å². The Morgan fingerprint density at radius 1 is 1.25 bits per heavy atom. The Morgan fingerprint density at radius 2 is 2.12 bits per heavy atom. The minimum absolute atomic E-state index is 0.803. The molecule has 2 aliphatic rings. The molecule has 1 heteroatoms.